The Hall–Kier alpha value is -2.73. The number of nitrogens with zero attached hydrogens (tertiary/aromatic N) is 4. The lowest BCUT2D eigenvalue weighted by Crippen LogP contribution is -2.45. The van der Waals surface area contributed by atoms with E-state index in [9.17, 15) is 4.79 Å². The van der Waals surface area contributed by atoms with Gasteiger partial charge in [-0.1, -0.05) is 12.1 Å². The van der Waals surface area contributed by atoms with Gasteiger partial charge < -0.3 is 14.2 Å². The molecular formula is C22H26N4O2. The van der Waals surface area contributed by atoms with Gasteiger partial charge in [0.25, 0.3) is 0 Å². The first-order valence-electron chi connectivity index (χ1n) is 9.75. The largest absolute Gasteiger partial charge is 0.441 e. The molecule has 1 aliphatic heterocycles. The minimum absolute atomic E-state index is 0.158. The van der Waals surface area contributed by atoms with Crippen molar-refractivity contribution in [2.45, 2.75) is 32.2 Å². The van der Waals surface area contributed by atoms with Crippen LogP contribution < -0.4 is 0 Å². The molecule has 6 nitrogen and oxygen atoms in total. The molecular weight excluding hydrogens is 352 g/mol. The Labute approximate surface area is 165 Å². The van der Waals surface area contributed by atoms with Gasteiger partial charge >= 0.3 is 0 Å². The van der Waals surface area contributed by atoms with Gasteiger partial charge in [-0.2, -0.15) is 0 Å². The zero-order valence-corrected chi connectivity index (χ0v) is 16.7. The number of benzene rings is 1. The molecule has 2 aromatic heterocycles. The maximum Gasteiger partial charge on any atom is 0.228 e. The van der Waals surface area contributed by atoms with Crippen molar-refractivity contribution < 1.29 is 9.21 Å². The summed E-state index contributed by atoms with van der Waals surface area (Å²) in [7, 11) is 4.21. The number of carbonyl (C=O) groups excluding carboxylic acids is 1. The Kier molecular flexibility index (Phi) is 5.13. The molecule has 0 bridgehead atoms. The van der Waals surface area contributed by atoms with Crippen molar-refractivity contribution >= 4 is 16.7 Å². The molecule has 1 fully saturated rings. The van der Waals surface area contributed by atoms with Gasteiger partial charge in [-0.3, -0.25) is 9.78 Å². The number of oxazole rings is 1. The van der Waals surface area contributed by atoms with Crippen LogP contribution in [0, 0.1) is 6.92 Å². The molecule has 0 radical (unpaired) electrons. The summed E-state index contributed by atoms with van der Waals surface area (Å²) in [6.07, 6.45) is 5.98. The van der Waals surface area contributed by atoms with Crippen LogP contribution in [-0.2, 0) is 11.2 Å². The number of fused-ring (bicyclic) bond motifs is 1. The summed E-state index contributed by atoms with van der Waals surface area (Å²) in [6, 6.07) is 8.66. The fourth-order valence-electron chi connectivity index (χ4n) is 3.83. The van der Waals surface area contributed by atoms with E-state index in [1.54, 1.807) is 6.20 Å². The molecule has 1 amide bonds. The molecule has 0 unspecified atom stereocenters. The van der Waals surface area contributed by atoms with Crippen molar-refractivity contribution in [3.05, 3.63) is 48.2 Å². The van der Waals surface area contributed by atoms with E-state index in [4.69, 9.17) is 4.42 Å². The Morgan fingerprint density at radius 3 is 2.61 bits per heavy atom. The SMILES string of the molecule is Cc1ncc(-c2ccc3cnc(CC(=O)N4CCC(N(C)C)CC4)cc3c2)o1. The van der Waals surface area contributed by atoms with Gasteiger partial charge in [-0.15, -0.1) is 0 Å². The molecule has 0 spiro atoms. The highest BCUT2D eigenvalue weighted by Crippen LogP contribution is 2.25. The first-order chi connectivity index (χ1) is 13.5. The number of rotatable bonds is 4. The lowest BCUT2D eigenvalue weighted by atomic mass is 10.0. The summed E-state index contributed by atoms with van der Waals surface area (Å²) >= 11 is 0. The molecule has 3 aromatic rings. The summed E-state index contributed by atoms with van der Waals surface area (Å²) in [5, 5.41) is 2.10. The molecule has 146 valence electrons. The zero-order chi connectivity index (χ0) is 19.7. The topological polar surface area (TPSA) is 62.5 Å². The average molecular weight is 378 g/mol. The summed E-state index contributed by atoms with van der Waals surface area (Å²) in [4.78, 5) is 25.6. The molecule has 1 aromatic carbocycles. The standard InChI is InChI=1S/C22H26N4O2/c1-15-23-14-21(28-15)16-4-5-17-13-24-19(11-18(17)10-16)12-22(27)26-8-6-20(7-9-26)25(2)3/h4-5,10-11,13-14,20H,6-9,12H2,1-3H3. The predicted molar refractivity (Wildman–Crippen MR) is 109 cm³/mol. The predicted octanol–water partition coefficient (Wildman–Crippen LogP) is 3.29. The second-order valence-electron chi connectivity index (χ2n) is 7.73. The number of piperidine rings is 1. The number of pyridine rings is 1. The van der Waals surface area contributed by atoms with Gasteiger partial charge in [0.15, 0.2) is 11.7 Å². The van der Waals surface area contributed by atoms with Crippen molar-refractivity contribution in [1.82, 2.24) is 19.8 Å². The molecule has 0 atom stereocenters. The van der Waals surface area contributed by atoms with E-state index in [1.807, 2.05) is 36.2 Å². The molecule has 28 heavy (non-hydrogen) atoms. The Morgan fingerprint density at radius 2 is 1.93 bits per heavy atom. The van der Waals surface area contributed by atoms with Crippen LogP contribution in [0.25, 0.3) is 22.1 Å². The van der Waals surface area contributed by atoms with E-state index in [0.29, 0.717) is 18.4 Å². The molecule has 4 rings (SSSR count). The molecule has 3 heterocycles. The van der Waals surface area contributed by atoms with Crippen molar-refractivity contribution in [3.8, 4) is 11.3 Å². The Balaban J connectivity index is 1.49. The minimum Gasteiger partial charge on any atom is -0.441 e. The second-order valence-corrected chi connectivity index (χ2v) is 7.73. The van der Waals surface area contributed by atoms with Gasteiger partial charge in [-0.05, 0) is 44.5 Å². The van der Waals surface area contributed by atoms with Crippen LogP contribution in [0.15, 0.2) is 41.1 Å². The van der Waals surface area contributed by atoms with Crippen LogP contribution in [0.3, 0.4) is 0 Å². The van der Waals surface area contributed by atoms with Crippen molar-refractivity contribution in [3.63, 3.8) is 0 Å². The number of likely N-dealkylation sites (tertiary alicyclic amines) is 1. The summed E-state index contributed by atoms with van der Waals surface area (Å²) in [6.45, 7) is 3.48. The fraction of sp³-hybridized carbons (Fsp3) is 0.409. The van der Waals surface area contributed by atoms with Gasteiger partial charge in [0.1, 0.15) is 0 Å². The fourth-order valence-corrected chi connectivity index (χ4v) is 3.83. The van der Waals surface area contributed by atoms with Crippen LogP contribution in [0.4, 0.5) is 0 Å². The summed E-state index contributed by atoms with van der Waals surface area (Å²) in [5.41, 5.74) is 1.78. The van der Waals surface area contributed by atoms with Crippen molar-refractivity contribution in [1.29, 1.82) is 0 Å². The molecule has 0 aliphatic carbocycles. The maximum atomic E-state index is 12.7. The molecule has 1 saturated heterocycles. The van der Waals surface area contributed by atoms with E-state index < -0.39 is 0 Å². The number of aromatic nitrogens is 2. The smallest absolute Gasteiger partial charge is 0.228 e. The highest BCUT2D eigenvalue weighted by atomic mass is 16.4. The highest BCUT2D eigenvalue weighted by Gasteiger charge is 2.24. The first-order valence-corrected chi connectivity index (χ1v) is 9.75. The number of aryl methyl sites for hydroxylation is 1. The lowest BCUT2D eigenvalue weighted by molar-refractivity contribution is -0.132. The average Bonchev–Trinajstić information content (AvgIpc) is 3.14. The van der Waals surface area contributed by atoms with E-state index in [-0.39, 0.29) is 5.91 Å². The third-order valence-electron chi connectivity index (χ3n) is 5.56. The first kappa shape index (κ1) is 18.6. The van der Waals surface area contributed by atoms with Gasteiger partial charge in [0.2, 0.25) is 5.91 Å². The Bertz CT molecular complexity index is 987. The monoisotopic (exact) mass is 378 g/mol. The van der Waals surface area contributed by atoms with E-state index in [0.717, 1.165) is 53.7 Å². The third-order valence-corrected chi connectivity index (χ3v) is 5.56. The van der Waals surface area contributed by atoms with Crippen molar-refractivity contribution in [2.24, 2.45) is 0 Å². The highest BCUT2D eigenvalue weighted by molar-refractivity contribution is 5.87. The number of amides is 1. The number of hydrogen-bond acceptors (Lipinski definition) is 5. The molecule has 0 saturated carbocycles. The number of carbonyl (C=O) groups is 1. The van der Waals surface area contributed by atoms with Gasteiger partial charge in [0, 0.05) is 43.2 Å². The minimum atomic E-state index is 0.158. The van der Waals surface area contributed by atoms with Crippen LogP contribution in [-0.4, -0.2) is 58.9 Å². The van der Waals surface area contributed by atoms with Crippen LogP contribution >= 0.6 is 0 Å². The normalized spacial score (nSPS) is 15.5. The lowest BCUT2D eigenvalue weighted by Gasteiger charge is -2.35. The number of hydrogen-bond donors (Lipinski definition) is 0. The van der Waals surface area contributed by atoms with E-state index in [1.165, 1.54) is 0 Å². The molecule has 1 aliphatic rings. The van der Waals surface area contributed by atoms with E-state index in [2.05, 4.69) is 35.0 Å². The quantitative estimate of drug-likeness (QED) is 0.697. The summed E-state index contributed by atoms with van der Waals surface area (Å²) < 4.78 is 5.63. The van der Waals surface area contributed by atoms with Crippen LogP contribution in [0.1, 0.15) is 24.4 Å². The van der Waals surface area contributed by atoms with Crippen molar-refractivity contribution in [2.75, 3.05) is 27.2 Å². The Morgan fingerprint density at radius 1 is 1.14 bits per heavy atom. The molecule has 0 N–H and O–H groups in total. The zero-order valence-electron chi connectivity index (χ0n) is 16.7. The maximum absolute atomic E-state index is 12.7. The van der Waals surface area contributed by atoms with Gasteiger partial charge in [0.05, 0.1) is 18.3 Å². The molecule has 6 heteroatoms. The van der Waals surface area contributed by atoms with Crippen LogP contribution in [0.5, 0.6) is 0 Å². The second kappa shape index (κ2) is 7.72. The summed E-state index contributed by atoms with van der Waals surface area (Å²) in [5.74, 6) is 1.55. The van der Waals surface area contributed by atoms with Gasteiger partial charge in [-0.25, -0.2) is 4.98 Å². The van der Waals surface area contributed by atoms with E-state index >= 15 is 0 Å². The third kappa shape index (κ3) is 3.92. The van der Waals surface area contributed by atoms with Crippen LogP contribution in [0.2, 0.25) is 0 Å².